The molecule has 2 saturated heterocycles. The molecule has 2 aromatic rings. The van der Waals surface area contributed by atoms with Crippen LogP contribution in [-0.2, 0) is 17.8 Å². The first kappa shape index (κ1) is 16.3. The van der Waals surface area contributed by atoms with Crippen LogP contribution in [0.3, 0.4) is 0 Å². The molecule has 0 spiro atoms. The number of benzene rings is 2. The van der Waals surface area contributed by atoms with Gasteiger partial charge in [-0.2, -0.15) is 0 Å². The van der Waals surface area contributed by atoms with Crippen LogP contribution in [0, 0.1) is 0 Å². The van der Waals surface area contributed by atoms with Crippen molar-refractivity contribution in [2.24, 2.45) is 0 Å². The molecule has 0 saturated carbocycles. The Bertz CT molecular complexity index is 729. The van der Waals surface area contributed by atoms with Crippen molar-refractivity contribution in [3.63, 3.8) is 0 Å². The van der Waals surface area contributed by atoms with E-state index in [4.69, 9.17) is 4.74 Å². The summed E-state index contributed by atoms with van der Waals surface area (Å²) in [5.74, 6) is -0.275. The zero-order valence-corrected chi connectivity index (χ0v) is 14.6. The Balaban J connectivity index is 1.34. The first-order chi connectivity index (χ1) is 12.2. The van der Waals surface area contributed by atoms with Gasteiger partial charge >= 0.3 is 5.97 Å². The zero-order chi connectivity index (χ0) is 17.2. The fourth-order valence-electron chi connectivity index (χ4n) is 4.14. The summed E-state index contributed by atoms with van der Waals surface area (Å²) in [5, 5.41) is 0. The van der Waals surface area contributed by atoms with E-state index in [0.717, 1.165) is 26.2 Å². The highest BCUT2D eigenvalue weighted by Crippen LogP contribution is 2.32. The number of fused-ring (bicyclic) bond motifs is 2. The summed E-state index contributed by atoms with van der Waals surface area (Å²) in [4.78, 5) is 16.7. The zero-order valence-electron chi connectivity index (χ0n) is 14.6. The van der Waals surface area contributed by atoms with Crippen LogP contribution in [0.2, 0.25) is 0 Å². The smallest absolute Gasteiger partial charge is 0.337 e. The third kappa shape index (κ3) is 3.46. The molecule has 2 fully saturated rings. The summed E-state index contributed by atoms with van der Waals surface area (Å²) < 4.78 is 4.76. The van der Waals surface area contributed by atoms with Gasteiger partial charge in [-0.3, -0.25) is 9.80 Å². The molecule has 4 heteroatoms. The second-order valence-corrected chi connectivity index (χ2v) is 7.08. The van der Waals surface area contributed by atoms with Gasteiger partial charge in [0.2, 0.25) is 0 Å². The minimum atomic E-state index is -0.275. The average molecular weight is 336 g/mol. The highest BCUT2D eigenvalue weighted by Gasteiger charge is 2.42. The van der Waals surface area contributed by atoms with Crippen LogP contribution in [0.1, 0.15) is 27.9 Å². The van der Waals surface area contributed by atoms with E-state index in [1.165, 1.54) is 24.7 Å². The molecular weight excluding hydrogens is 312 g/mol. The molecule has 25 heavy (non-hydrogen) atoms. The third-order valence-corrected chi connectivity index (χ3v) is 5.46. The van der Waals surface area contributed by atoms with Gasteiger partial charge in [-0.05, 0) is 29.7 Å². The number of likely N-dealkylation sites (tertiary alicyclic amines) is 2. The van der Waals surface area contributed by atoms with E-state index in [0.29, 0.717) is 17.6 Å². The SMILES string of the molecule is COC(=O)c1ccc(CN2CC3CC2CN3Cc2ccccc2)cc1. The lowest BCUT2D eigenvalue weighted by molar-refractivity contribution is 0.0600. The number of methoxy groups -OCH3 is 1. The lowest BCUT2D eigenvalue weighted by atomic mass is 10.1. The summed E-state index contributed by atoms with van der Waals surface area (Å²) in [7, 11) is 1.42. The van der Waals surface area contributed by atoms with Gasteiger partial charge in [0, 0.05) is 38.3 Å². The first-order valence-electron chi connectivity index (χ1n) is 8.92. The van der Waals surface area contributed by atoms with Gasteiger partial charge in [0.05, 0.1) is 12.7 Å². The molecule has 0 aromatic heterocycles. The monoisotopic (exact) mass is 336 g/mol. The maximum atomic E-state index is 11.5. The summed E-state index contributed by atoms with van der Waals surface area (Å²) in [5.41, 5.74) is 3.28. The second kappa shape index (κ2) is 6.98. The number of ether oxygens (including phenoxy) is 1. The molecule has 2 aliphatic rings. The Morgan fingerprint density at radius 2 is 1.48 bits per heavy atom. The van der Waals surface area contributed by atoms with E-state index in [1.54, 1.807) is 0 Å². The Kier molecular flexibility index (Phi) is 4.55. The predicted octanol–water partition coefficient (Wildman–Crippen LogP) is 2.93. The topological polar surface area (TPSA) is 32.8 Å². The summed E-state index contributed by atoms with van der Waals surface area (Å²) >= 11 is 0. The number of esters is 1. The maximum Gasteiger partial charge on any atom is 0.337 e. The number of carbonyl (C=O) groups excluding carboxylic acids is 1. The van der Waals surface area contributed by atoms with Gasteiger partial charge in [0.25, 0.3) is 0 Å². The summed E-state index contributed by atoms with van der Waals surface area (Å²) in [6.07, 6.45) is 1.27. The van der Waals surface area contributed by atoms with Crippen molar-refractivity contribution in [3.05, 3.63) is 71.3 Å². The molecule has 2 unspecified atom stereocenters. The molecular formula is C21H24N2O2. The molecule has 2 bridgehead atoms. The molecule has 0 aliphatic carbocycles. The Hall–Kier alpha value is -2.17. The molecule has 130 valence electrons. The fourth-order valence-corrected chi connectivity index (χ4v) is 4.14. The molecule has 2 aromatic carbocycles. The van der Waals surface area contributed by atoms with E-state index in [1.807, 2.05) is 24.3 Å². The van der Waals surface area contributed by atoms with Crippen molar-refractivity contribution in [1.82, 2.24) is 9.80 Å². The highest BCUT2D eigenvalue weighted by molar-refractivity contribution is 5.89. The standard InChI is InChI=1S/C21H24N2O2/c1-25-21(24)18-9-7-17(8-10-18)13-23-15-19-11-20(23)14-22(19)12-16-5-3-2-4-6-16/h2-10,19-20H,11-15H2,1H3. The summed E-state index contributed by atoms with van der Waals surface area (Å²) in [6.45, 7) is 4.31. The first-order valence-corrected chi connectivity index (χ1v) is 8.92. The van der Waals surface area contributed by atoms with Gasteiger partial charge in [-0.15, -0.1) is 0 Å². The maximum absolute atomic E-state index is 11.5. The number of rotatable bonds is 5. The van der Waals surface area contributed by atoms with Gasteiger partial charge < -0.3 is 4.74 Å². The molecule has 2 aliphatic heterocycles. The van der Waals surface area contributed by atoms with Crippen molar-refractivity contribution in [2.45, 2.75) is 31.6 Å². The largest absolute Gasteiger partial charge is 0.465 e. The highest BCUT2D eigenvalue weighted by atomic mass is 16.5. The quantitative estimate of drug-likeness (QED) is 0.786. The van der Waals surface area contributed by atoms with Crippen molar-refractivity contribution in [2.75, 3.05) is 20.2 Å². The summed E-state index contributed by atoms with van der Waals surface area (Å²) in [6, 6.07) is 19.9. The van der Waals surface area contributed by atoms with Gasteiger partial charge in [0.15, 0.2) is 0 Å². The second-order valence-electron chi connectivity index (χ2n) is 7.08. The fraction of sp³-hybridized carbons (Fsp3) is 0.381. The molecule has 0 amide bonds. The van der Waals surface area contributed by atoms with Crippen molar-refractivity contribution < 1.29 is 9.53 Å². The van der Waals surface area contributed by atoms with Crippen molar-refractivity contribution in [3.8, 4) is 0 Å². The van der Waals surface area contributed by atoms with Crippen LogP contribution >= 0.6 is 0 Å². The lowest BCUT2D eigenvalue weighted by Gasteiger charge is -2.34. The Labute approximate surface area is 149 Å². The van der Waals surface area contributed by atoms with E-state index in [-0.39, 0.29) is 5.97 Å². The number of hydrogen-bond donors (Lipinski definition) is 0. The van der Waals surface area contributed by atoms with E-state index in [9.17, 15) is 4.79 Å². The van der Waals surface area contributed by atoms with E-state index in [2.05, 4.69) is 40.1 Å². The van der Waals surface area contributed by atoms with Crippen LogP contribution < -0.4 is 0 Å². The molecule has 4 nitrogen and oxygen atoms in total. The molecule has 0 N–H and O–H groups in total. The number of nitrogens with zero attached hydrogens (tertiary/aromatic N) is 2. The number of carbonyl (C=O) groups is 1. The molecule has 4 rings (SSSR count). The minimum Gasteiger partial charge on any atom is -0.465 e. The third-order valence-electron chi connectivity index (χ3n) is 5.46. The van der Waals surface area contributed by atoms with Gasteiger partial charge in [-0.25, -0.2) is 4.79 Å². The number of piperazine rings is 1. The molecule has 2 atom stereocenters. The van der Waals surface area contributed by atoms with E-state index >= 15 is 0 Å². The van der Waals surface area contributed by atoms with Crippen LogP contribution in [0.15, 0.2) is 54.6 Å². The minimum absolute atomic E-state index is 0.275. The molecule has 2 heterocycles. The lowest BCUT2D eigenvalue weighted by Crippen LogP contribution is -2.45. The number of hydrogen-bond acceptors (Lipinski definition) is 4. The van der Waals surface area contributed by atoms with Crippen LogP contribution in [0.5, 0.6) is 0 Å². The Morgan fingerprint density at radius 1 is 0.920 bits per heavy atom. The van der Waals surface area contributed by atoms with Crippen LogP contribution in [0.25, 0.3) is 0 Å². The van der Waals surface area contributed by atoms with Crippen LogP contribution in [-0.4, -0.2) is 48.1 Å². The molecule has 0 radical (unpaired) electrons. The van der Waals surface area contributed by atoms with Crippen molar-refractivity contribution >= 4 is 5.97 Å². The van der Waals surface area contributed by atoms with Gasteiger partial charge in [0.1, 0.15) is 0 Å². The van der Waals surface area contributed by atoms with E-state index < -0.39 is 0 Å². The van der Waals surface area contributed by atoms with Crippen molar-refractivity contribution in [1.29, 1.82) is 0 Å². The van der Waals surface area contributed by atoms with Crippen LogP contribution in [0.4, 0.5) is 0 Å². The predicted molar refractivity (Wildman–Crippen MR) is 97.2 cm³/mol. The Morgan fingerprint density at radius 3 is 2.00 bits per heavy atom. The average Bonchev–Trinajstić information content (AvgIpc) is 3.22. The van der Waals surface area contributed by atoms with Gasteiger partial charge in [-0.1, -0.05) is 42.5 Å². The normalized spacial score (nSPS) is 23.1.